The van der Waals surface area contributed by atoms with Crippen LogP contribution in [0.2, 0.25) is 0 Å². The lowest BCUT2D eigenvalue weighted by molar-refractivity contribution is -0.870. The number of hydrogen-bond acceptors (Lipinski definition) is 7. The predicted octanol–water partition coefficient (Wildman–Crippen LogP) is 16.5. The largest absolute Gasteiger partial charge is 0.756 e. The summed E-state index contributed by atoms with van der Waals surface area (Å²) in [5.74, 6) is -0.563. The number of carbonyl (C=O) groups is 2. The summed E-state index contributed by atoms with van der Waals surface area (Å²) in [6, 6.07) is -0.897. The molecule has 0 spiro atoms. The van der Waals surface area contributed by atoms with Crippen LogP contribution in [0, 0.1) is 0 Å². The number of phosphoric acid groups is 1. The molecular weight excluding hydrogens is 880 g/mol. The molecule has 9 nitrogen and oxygen atoms in total. The summed E-state index contributed by atoms with van der Waals surface area (Å²) >= 11 is 0. The van der Waals surface area contributed by atoms with Gasteiger partial charge in [-0.05, 0) is 76.7 Å². The van der Waals surface area contributed by atoms with Gasteiger partial charge in [-0.1, -0.05) is 223 Å². The summed E-state index contributed by atoms with van der Waals surface area (Å²) < 4.78 is 30.2. The highest BCUT2D eigenvalue weighted by Gasteiger charge is 2.27. The van der Waals surface area contributed by atoms with Gasteiger partial charge < -0.3 is 28.5 Å². The van der Waals surface area contributed by atoms with Gasteiger partial charge in [0, 0.05) is 12.8 Å². The van der Waals surface area contributed by atoms with Crippen LogP contribution in [0.5, 0.6) is 0 Å². The molecule has 0 saturated heterocycles. The zero-order valence-corrected chi connectivity index (χ0v) is 46.7. The number of ether oxygens (including phenoxy) is 1. The fourth-order valence-electron chi connectivity index (χ4n) is 8.05. The fraction of sp³-hybridized carbons (Fsp3) is 0.797. The molecule has 0 aliphatic heterocycles. The molecule has 402 valence electrons. The Hall–Kier alpha value is -2.29. The second-order valence-electron chi connectivity index (χ2n) is 20.5. The van der Waals surface area contributed by atoms with Gasteiger partial charge in [0.05, 0.1) is 33.8 Å². The third-order valence-electron chi connectivity index (χ3n) is 12.5. The number of unbranched alkanes of at least 4 members (excludes halogenated alkanes) is 29. The molecule has 3 atom stereocenters. The molecule has 0 aromatic heterocycles. The lowest BCUT2D eigenvalue weighted by Crippen LogP contribution is -2.47. The second kappa shape index (κ2) is 49.3. The maximum absolute atomic E-state index is 13.5. The summed E-state index contributed by atoms with van der Waals surface area (Å²) in [6.07, 6.45) is 60.4. The quantitative estimate of drug-likeness (QED) is 0.0161. The summed E-state index contributed by atoms with van der Waals surface area (Å²) in [6.45, 7) is 6.69. The molecule has 1 N–H and O–H groups in total. The standard InChI is InChI=1S/C59H109N2O7P/c1-7-10-13-16-19-22-25-28-30-32-33-36-39-42-45-48-51-58(62)60-56(55-67-69(64,65)66-54-53-61(4,5)6)57(50-47-44-41-38-35-27-24-21-18-15-12-9-3)68-59(63)52-49-46-43-40-37-34-31-29-26-23-20-17-14-11-8-2/h11,14,17,20,23,26,30,32,47,50,56-57H,7-10,12-13,15-16,18-19,21-22,24-25,27-29,31,33-46,48-49,51-55H2,1-6H3,(H-,60,62,64,65)/b14-11+,20-17+,26-23+,32-30+,50-47+. The molecule has 0 rings (SSSR count). The number of phosphoric ester groups is 1. The van der Waals surface area contributed by atoms with E-state index in [4.69, 9.17) is 13.8 Å². The van der Waals surface area contributed by atoms with Crippen molar-refractivity contribution < 1.29 is 37.3 Å². The van der Waals surface area contributed by atoms with E-state index in [2.05, 4.69) is 74.7 Å². The Kier molecular flexibility index (Phi) is 47.7. The molecule has 0 aliphatic rings. The van der Waals surface area contributed by atoms with Gasteiger partial charge in [-0.2, -0.15) is 0 Å². The number of esters is 1. The van der Waals surface area contributed by atoms with E-state index in [-0.39, 0.29) is 24.9 Å². The summed E-state index contributed by atoms with van der Waals surface area (Å²) in [7, 11) is 1.17. The Morgan fingerprint density at radius 1 is 0.522 bits per heavy atom. The van der Waals surface area contributed by atoms with Gasteiger partial charge in [0.25, 0.3) is 7.82 Å². The minimum absolute atomic E-state index is 0.0272. The SMILES string of the molecule is CC/C=C/C=C/C=C/CCCCCCCCCC(=O)OC(/C=C/CCCCCCCCCCCC)C(COP(=O)([O-])OCC[N+](C)(C)C)NC(=O)CCCCCCC/C=C/CCCCCCCCC. The van der Waals surface area contributed by atoms with Crippen molar-refractivity contribution in [1.82, 2.24) is 5.32 Å². The zero-order valence-electron chi connectivity index (χ0n) is 45.8. The van der Waals surface area contributed by atoms with Gasteiger partial charge in [-0.3, -0.25) is 14.2 Å². The highest BCUT2D eigenvalue weighted by atomic mass is 31.2. The Balaban J connectivity index is 5.38. The summed E-state index contributed by atoms with van der Waals surface area (Å²) in [5.41, 5.74) is 0. The van der Waals surface area contributed by atoms with Crippen molar-refractivity contribution in [3.05, 3.63) is 60.8 Å². The lowest BCUT2D eigenvalue weighted by atomic mass is 10.0. The first kappa shape index (κ1) is 66.7. The number of hydrogen-bond donors (Lipinski definition) is 1. The van der Waals surface area contributed by atoms with Crippen LogP contribution < -0.4 is 10.2 Å². The maximum atomic E-state index is 13.5. The van der Waals surface area contributed by atoms with E-state index in [0.717, 1.165) is 89.9 Å². The van der Waals surface area contributed by atoms with E-state index in [1.807, 2.05) is 33.3 Å². The van der Waals surface area contributed by atoms with E-state index in [9.17, 15) is 19.0 Å². The molecule has 0 fully saturated rings. The van der Waals surface area contributed by atoms with Gasteiger partial charge in [-0.15, -0.1) is 0 Å². The van der Waals surface area contributed by atoms with Crippen molar-refractivity contribution >= 4 is 19.7 Å². The number of amides is 1. The Morgan fingerprint density at radius 3 is 1.42 bits per heavy atom. The smallest absolute Gasteiger partial charge is 0.306 e. The normalized spacial score (nSPS) is 14.2. The molecule has 0 radical (unpaired) electrons. The number of nitrogens with one attached hydrogen (secondary N) is 1. The highest BCUT2D eigenvalue weighted by Crippen LogP contribution is 2.38. The monoisotopic (exact) mass is 989 g/mol. The van der Waals surface area contributed by atoms with Crippen LogP contribution in [-0.4, -0.2) is 69.4 Å². The summed E-state index contributed by atoms with van der Waals surface area (Å²) in [4.78, 5) is 39.8. The molecule has 0 heterocycles. The molecular formula is C59H109N2O7P. The Morgan fingerprint density at radius 2 is 0.942 bits per heavy atom. The van der Waals surface area contributed by atoms with Crippen LogP contribution in [0.1, 0.15) is 252 Å². The van der Waals surface area contributed by atoms with Gasteiger partial charge >= 0.3 is 5.97 Å². The van der Waals surface area contributed by atoms with Crippen LogP contribution in [0.3, 0.4) is 0 Å². The van der Waals surface area contributed by atoms with Gasteiger partial charge in [0.15, 0.2) is 0 Å². The number of likely N-dealkylation sites (N-methyl/N-ethyl adjacent to an activating group) is 1. The van der Waals surface area contributed by atoms with Gasteiger partial charge in [-0.25, -0.2) is 0 Å². The van der Waals surface area contributed by atoms with Gasteiger partial charge in [0.1, 0.15) is 19.3 Å². The minimum Gasteiger partial charge on any atom is -0.756 e. The highest BCUT2D eigenvalue weighted by molar-refractivity contribution is 7.45. The van der Waals surface area contributed by atoms with Crippen molar-refractivity contribution in [2.45, 2.75) is 264 Å². The van der Waals surface area contributed by atoms with Crippen LogP contribution in [0.4, 0.5) is 0 Å². The third-order valence-corrected chi connectivity index (χ3v) is 13.5. The molecule has 0 bridgehead atoms. The average molecular weight is 990 g/mol. The molecule has 3 unspecified atom stereocenters. The molecule has 1 amide bonds. The van der Waals surface area contributed by atoms with Gasteiger partial charge in [0.2, 0.25) is 5.91 Å². The van der Waals surface area contributed by atoms with E-state index < -0.39 is 26.6 Å². The predicted molar refractivity (Wildman–Crippen MR) is 293 cm³/mol. The van der Waals surface area contributed by atoms with Crippen LogP contribution in [0.15, 0.2) is 60.8 Å². The van der Waals surface area contributed by atoms with Crippen molar-refractivity contribution in [1.29, 1.82) is 0 Å². The zero-order chi connectivity index (χ0) is 50.8. The van der Waals surface area contributed by atoms with E-state index in [0.29, 0.717) is 23.9 Å². The first-order chi connectivity index (χ1) is 33.4. The minimum atomic E-state index is -4.70. The van der Waals surface area contributed by atoms with Crippen molar-refractivity contribution in [3.63, 3.8) is 0 Å². The fourth-order valence-corrected chi connectivity index (χ4v) is 8.77. The van der Waals surface area contributed by atoms with E-state index in [1.54, 1.807) is 0 Å². The maximum Gasteiger partial charge on any atom is 0.306 e. The topological polar surface area (TPSA) is 114 Å². The molecule has 69 heavy (non-hydrogen) atoms. The summed E-state index contributed by atoms with van der Waals surface area (Å²) in [5, 5.41) is 3.01. The number of allylic oxidation sites excluding steroid dienone is 9. The Labute approximate surface area is 426 Å². The molecule has 0 aromatic rings. The lowest BCUT2D eigenvalue weighted by Gasteiger charge is -2.30. The van der Waals surface area contributed by atoms with Crippen molar-refractivity contribution in [2.24, 2.45) is 0 Å². The molecule has 0 saturated carbocycles. The van der Waals surface area contributed by atoms with E-state index >= 15 is 0 Å². The van der Waals surface area contributed by atoms with E-state index in [1.165, 1.54) is 122 Å². The average Bonchev–Trinajstić information content (AvgIpc) is 3.31. The number of rotatable bonds is 51. The van der Waals surface area contributed by atoms with Crippen LogP contribution in [0.25, 0.3) is 0 Å². The van der Waals surface area contributed by atoms with Crippen LogP contribution >= 0.6 is 7.82 Å². The molecule has 10 heteroatoms. The second-order valence-corrected chi connectivity index (χ2v) is 21.9. The van der Waals surface area contributed by atoms with Crippen molar-refractivity contribution in [2.75, 3.05) is 40.9 Å². The number of carbonyl (C=O) groups excluding carboxylic acids is 2. The third kappa shape index (κ3) is 50.4. The first-order valence-electron chi connectivity index (χ1n) is 28.6. The van der Waals surface area contributed by atoms with Crippen molar-refractivity contribution in [3.8, 4) is 0 Å². The van der Waals surface area contributed by atoms with Crippen LogP contribution in [-0.2, 0) is 27.9 Å². The Bertz CT molecular complexity index is 1370. The first-order valence-corrected chi connectivity index (χ1v) is 30.1. The molecule has 0 aromatic carbocycles. The molecule has 0 aliphatic carbocycles. The number of quaternary nitrogens is 1. The number of nitrogens with zero attached hydrogens (tertiary/aromatic N) is 1.